The quantitative estimate of drug-likeness (QED) is 0.679. The molecule has 1 amide bonds. The van der Waals surface area contributed by atoms with Crippen molar-refractivity contribution in [3.05, 3.63) is 74.8 Å². The van der Waals surface area contributed by atoms with Crippen LogP contribution in [0, 0.1) is 0 Å². The highest BCUT2D eigenvalue weighted by molar-refractivity contribution is 5.80. The lowest BCUT2D eigenvalue weighted by molar-refractivity contribution is -0.121. The second-order valence-electron chi connectivity index (χ2n) is 5.45. The smallest absolute Gasteiger partial charge is 0.317 e. The number of aromatic nitrogens is 2. The van der Waals surface area contributed by atoms with Gasteiger partial charge in [-0.3, -0.25) is 19.0 Å². The van der Waals surface area contributed by atoms with Crippen molar-refractivity contribution in [2.45, 2.75) is 13.1 Å². The normalized spacial score (nSPS) is 10.6. The van der Waals surface area contributed by atoms with E-state index < -0.39 is 11.1 Å². The first-order valence-corrected chi connectivity index (χ1v) is 7.70. The molecule has 3 rings (SSSR count). The molecule has 0 fully saturated rings. The number of hydrogen-bond donors (Lipinski definition) is 2. The Hall–Kier alpha value is -3.35. The van der Waals surface area contributed by atoms with E-state index in [-0.39, 0.29) is 19.0 Å². The van der Waals surface area contributed by atoms with Crippen LogP contribution < -0.4 is 21.2 Å². The van der Waals surface area contributed by atoms with E-state index in [1.165, 1.54) is 4.57 Å². The van der Waals surface area contributed by atoms with Crippen molar-refractivity contribution in [1.29, 1.82) is 0 Å². The molecule has 128 valence electrons. The molecule has 1 heterocycles. The molecule has 2 N–H and O–H groups in total. The van der Waals surface area contributed by atoms with Crippen LogP contribution in [0.15, 0.2) is 58.1 Å². The predicted molar refractivity (Wildman–Crippen MR) is 93.7 cm³/mol. The van der Waals surface area contributed by atoms with Crippen molar-refractivity contribution < 1.29 is 9.53 Å². The Morgan fingerprint density at radius 2 is 1.84 bits per heavy atom. The number of fused-ring (bicyclic) bond motifs is 1. The topological polar surface area (TPSA) is 93.2 Å². The maximum absolute atomic E-state index is 12.3. The predicted octanol–water partition coefficient (Wildman–Crippen LogP) is 1.01. The molecule has 0 spiro atoms. The number of rotatable bonds is 5. The van der Waals surface area contributed by atoms with E-state index in [1.54, 1.807) is 37.4 Å². The summed E-state index contributed by atoms with van der Waals surface area (Å²) < 4.78 is 6.41. The van der Waals surface area contributed by atoms with Crippen LogP contribution in [0.5, 0.6) is 5.75 Å². The number of H-pyrrole nitrogens is 1. The minimum Gasteiger partial charge on any atom is -0.496 e. The molecule has 0 saturated heterocycles. The molecule has 25 heavy (non-hydrogen) atoms. The van der Waals surface area contributed by atoms with Crippen molar-refractivity contribution >= 4 is 16.9 Å². The fraction of sp³-hybridized carbons (Fsp3) is 0.167. The molecular weight excluding hydrogens is 322 g/mol. The van der Waals surface area contributed by atoms with E-state index in [4.69, 9.17) is 4.74 Å². The van der Waals surface area contributed by atoms with Crippen LogP contribution in [0.2, 0.25) is 0 Å². The van der Waals surface area contributed by atoms with Gasteiger partial charge in [0.25, 0.3) is 0 Å². The molecule has 0 unspecified atom stereocenters. The molecule has 0 aliphatic heterocycles. The number of nitrogens with one attached hydrogen (secondary N) is 2. The van der Waals surface area contributed by atoms with E-state index in [1.807, 2.05) is 18.2 Å². The van der Waals surface area contributed by atoms with Gasteiger partial charge >= 0.3 is 11.1 Å². The number of para-hydroxylation sites is 3. The largest absolute Gasteiger partial charge is 0.496 e. The lowest BCUT2D eigenvalue weighted by Gasteiger charge is -2.11. The molecule has 0 aliphatic rings. The molecule has 0 bridgehead atoms. The first-order chi connectivity index (χ1) is 12.1. The van der Waals surface area contributed by atoms with Gasteiger partial charge in [-0.1, -0.05) is 30.3 Å². The van der Waals surface area contributed by atoms with Crippen molar-refractivity contribution in [2.75, 3.05) is 7.11 Å². The monoisotopic (exact) mass is 339 g/mol. The summed E-state index contributed by atoms with van der Waals surface area (Å²) in [7, 11) is 1.56. The highest BCUT2D eigenvalue weighted by Crippen LogP contribution is 2.16. The van der Waals surface area contributed by atoms with Crippen LogP contribution in [-0.4, -0.2) is 22.6 Å². The number of amides is 1. The number of carbonyl (C=O) groups excluding carboxylic acids is 1. The summed E-state index contributed by atoms with van der Waals surface area (Å²) in [4.78, 5) is 38.6. The lowest BCUT2D eigenvalue weighted by Crippen LogP contribution is -2.40. The molecular formula is C18H17N3O4. The Labute approximate surface area is 142 Å². The zero-order chi connectivity index (χ0) is 17.8. The van der Waals surface area contributed by atoms with Crippen LogP contribution >= 0.6 is 0 Å². The second kappa shape index (κ2) is 7.04. The maximum atomic E-state index is 12.3. The van der Waals surface area contributed by atoms with E-state index in [9.17, 15) is 14.4 Å². The first kappa shape index (κ1) is 16.5. The Bertz CT molecular complexity index is 1040. The third-order valence-electron chi connectivity index (χ3n) is 3.85. The third kappa shape index (κ3) is 3.45. The van der Waals surface area contributed by atoms with Crippen molar-refractivity contribution in [3.8, 4) is 5.75 Å². The summed E-state index contributed by atoms with van der Waals surface area (Å²) in [5, 5.41) is 2.74. The van der Waals surface area contributed by atoms with Gasteiger partial charge in [-0.2, -0.15) is 0 Å². The number of ether oxygens (including phenoxy) is 1. The summed E-state index contributed by atoms with van der Waals surface area (Å²) in [5.41, 5.74) is 0.313. The van der Waals surface area contributed by atoms with E-state index in [0.717, 1.165) is 5.56 Å². The summed E-state index contributed by atoms with van der Waals surface area (Å²) in [6, 6.07) is 14.2. The molecule has 7 heteroatoms. The minimum atomic E-state index is -0.758. The number of carbonyl (C=O) groups is 1. The Morgan fingerprint density at radius 3 is 2.64 bits per heavy atom. The minimum absolute atomic E-state index is 0.238. The summed E-state index contributed by atoms with van der Waals surface area (Å²) in [6.45, 7) is 0.0249. The van der Waals surface area contributed by atoms with Gasteiger partial charge in [0.15, 0.2) is 0 Å². The molecule has 0 aliphatic carbocycles. The Balaban J connectivity index is 1.82. The van der Waals surface area contributed by atoms with Crippen molar-refractivity contribution in [3.63, 3.8) is 0 Å². The highest BCUT2D eigenvalue weighted by atomic mass is 16.5. The van der Waals surface area contributed by atoms with Crippen LogP contribution in [0.3, 0.4) is 0 Å². The average Bonchev–Trinajstić information content (AvgIpc) is 2.64. The molecule has 1 aromatic heterocycles. The zero-order valence-electron chi connectivity index (χ0n) is 13.6. The number of hydrogen-bond acceptors (Lipinski definition) is 4. The molecule has 3 aromatic rings. The van der Waals surface area contributed by atoms with Crippen LogP contribution in [0.25, 0.3) is 11.0 Å². The van der Waals surface area contributed by atoms with E-state index in [2.05, 4.69) is 10.3 Å². The fourth-order valence-electron chi connectivity index (χ4n) is 2.62. The SMILES string of the molecule is COc1ccccc1CNC(=O)Cn1c(=O)c(=O)[nH]c2ccccc21. The highest BCUT2D eigenvalue weighted by Gasteiger charge is 2.11. The van der Waals surface area contributed by atoms with Crippen molar-refractivity contribution in [1.82, 2.24) is 14.9 Å². The summed E-state index contributed by atoms with van der Waals surface area (Å²) in [5.74, 6) is 0.297. The molecule has 0 radical (unpaired) electrons. The third-order valence-corrected chi connectivity index (χ3v) is 3.85. The van der Waals surface area contributed by atoms with Gasteiger partial charge < -0.3 is 15.0 Å². The molecule has 0 saturated carbocycles. The van der Waals surface area contributed by atoms with Crippen LogP contribution in [0.4, 0.5) is 0 Å². The molecule has 2 aromatic carbocycles. The second-order valence-corrected chi connectivity index (χ2v) is 5.45. The van der Waals surface area contributed by atoms with Crippen molar-refractivity contribution in [2.24, 2.45) is 0 Å². The Kier molecular flexibility index (Phi) is 4.65. The van der Waals surface area contributed by atoms with E-state index >= 15 is 0 Å². The van der Waals surface area contributed by atoms with Gasteiger partial charge in [0.1, 0.15) is 12.3 Å². The van der Waals surface area contributed by atoms with Crippen LogP contribution in [-0.2, 0) is 17.9 Å². The van der Waals surface area contributed by atoms with Gasteiger partial charge in [-0.25, -0.2) is 0 Å². The average molecular weight is 339 g/mol. The summed E-state index contributed by atoms with van der Waals surface area (Å²) in [6.07, 6.45) is 0. The first-order valence-electron chi connectivity index (χ1n) is 7.70. The maximum Gasteiger partial charge on any atom is 0.317 e. The van der Waals surface area contributed by atoms with Gasteiger partial charge in [-0.05, 0) is 18.2 Å². The lowest BCUT2D eigenvalue weighted by atomic mass is 10.2. The van der Waals surface area contributed by atoms with Crippen LogP contribution in [0.1, 0.15) is 5.56 Å². The summed E-state index contributed by atoms with van der Waals surface area (Å²) >= 11 is 0. The van der Waals surface area contributed by atoms with Gasteiger partial charge in [0.2, 0.25) is 5.91 Å². The number of aromatic amines is 1. The fourth-order valence-corrected chi connectivity index (χ4v) is 2.62. The standard InChI is InChI=1S/C18H17N3O4/c1-25-15-9-5-2-6-12(15)10-19-16(22)11-21-14-8-4-3-7-13(14)20-17(23)18(21)24/h2-9H,10-11H2,1H3,(H,19,22)(H,20,23). The Morgan fingerprint density at radius 1 is 1.12 bits per heavy atom. The van der Waals surface area contributed by atoms with Gasteiger partial charge in [0.05, 0.1) is 18.1 Å². The van der Waals surface area contributed by atoms with E-state index in [0.29, 0.717) is 16.8 Å². The van der Waals surface area contributed by atoms with Gasteiger partial charge in [-0.15, -0.1) is 0 Å². The van der Waals surface area contributed by atoms with Gasteiger partial charge in [0, 0.05) is 12.1 Å². The number of benzene rings is 2. The molecule has 0 atom stereocenters. The number of nitrogens with zero attached hydrogens (tertiary/aromatic N) is 1. The molecule has 7 nitrogen and oxygen atoms in total. The number of methoxy groups -OCH3 is 1. The zero-order valence-corrected chi connectivity index (χ0v) is 13.6.